The number of hydrogen-bond donors (Lipinski definition) is 0. The van der Waals surface area contributed by atoms with Gasteiger partial charge in [0.05, 0.1) is 0 Å². The summed E-state index contributed by atoms with van der Waals surface area (Å²) in [7, 11) is 0. The van der Waals surface area contributed by atoms with Gasteiger partial charge in [0.25, 0.3) is 0 Å². The number of ether oxygens (including phenoxy) is 1. The molecule has 37 heavy (non-hydrogen) atoms. The predicted molar refractivity (Wildman–Crippen MR) is 152 cm³/mol. The highest BCUT2D eigenvalue weighted by Gasteiger charge is 2.57. The van der Waals surface area contributed by atoms with Gasteiger partial charge in [-0.3, -0.25) is 9.78 Å². The minimum atomic E-state index is 0.0323. The molecule has 3 heteroatoms. The first-order chi connectivity index (χ1) is 18.0. The minimum Gasteiger partial charge on any atom is -0.462 e. The summed E-state index contributed by atoms with van der Waals surface area (Å²) >= 11 is 0. The Labute approximate surface area is 225 Å². The molecule has 0 radical (unpaired) electrons. The molecule has 1 aromatic rings. The van der Waals surface area contributed by atoms with Crippen molar-refractivity contribution >= 4 is 11.5 Å². The quantitative estimate of drug-likeness (QED) is 0.181. The van der Waals surface area contributed by atoms with E-state index in [1.807, 2.05) is 6.20 Å². The Hall–Kier alpha value is -1.90. The number of allylic oxidation sites excluding steroid dienone is 3. The van der Waals surface area contributed by atoms with E-state index in [1.54, 1.807) is 11.1 Å². The molecule has 0 saturated heterocycles. The lowest BCUT2D eigenvalue weighted by Crippen LogP contribution is -2.50. The number of aromatic nitrogens is 1. The van der Waals surface area contributed by atoms with Crippen LogP contribution in [0.5, 0.6) is 0 Å². The van der Waals surface area contributed by atoms with Crippen molar-refractivity contribution < 1.29 is 9.53 Å². The van der Waals surface area contributed by atoms with E-state index in [9.17, 15) is 4.79 Å². The van der Waals surface area contributed by atoms with Crippen LogP contribution in [0.25, 0.3) is 5.57 Å². The Balaban J connectivity index is 1.16. The first kappa shape index (κ1) is 26.7. The Morgan fingerprint density at radius 3 is 2.54 bits per heavy atom. The van der Waals surface area contributed by atoms with Crippen molar-refractivity contribution in [3.8, 4) is 0 Å². The second kappa shape index (κ2) is 11.5. The van der Waals surface area contributed by atoms with Gasteiger partial charge in [0.2, 0.25) is 0 Å². The van der Waals surface area contributed by atoms with Crippen molar-refractivity contribution in [3.63, 3.8) is 0 Å². The summed E-state index contributed by atoms with van der Waals surface area (Å²) in [4.78, 5) is 17.0. The number of esters is 1. The molecule has 1 aromatic heterocycles. The highest BCUT2D eigenvalue weighted by atomic mass is 16.5. The molecule has 0 spiro atoms. The molecule has 4 aliphatic rings. The second-order valence-corrected chi connectivity index (χ2v) is 13.0. The van der Waals surface area contributed by atoms with Gasteiger partial charge in [-0.15, -0.1) is 0 Å². The van der Waals surface area contributed by atoms with Gasteiger partial charge >= 0.3 is 5.97 Å². The van der Waals surface area contributed by atoms with Gasteiger partial charge in [-0.2, -0.15) is 0 Å². The first-order valence-electron chi connectivity index (χ1n) is 15.5. The van der Waals surface area contributed by atoms with E-state index >= 15 is 0 Å². The Kier molecular flexibility index (Phi) is 8.27. The van der Waals surface area contributed by atoms with Crippen LogP contribution >= 0.6 is 0 Å². The standard InChI is InChI=1S/C34H49NO2/c1-4-5-6-7-8-9-10-13-32(36)37-27-18-20-33(2)26(23-27)14-15-28-30-17-16-29(25-12-11-22-35-24-25)34(30,3)21-19-31(28)33/h11-12,14,16,22,24,27-28,30-31H,4-10,13,15,17-21,23H2,1-3H3/t27-,28?,30?,31?,33?,34?/m0/s1. The lowest BCUT2D eigenvalue weighted by Gasteiger charge is -2.57. The summed E-state index contributed by atoms with van der Waals surface area (Å²) in [5.41, 5.74) is 5.01. The van der Waals surface area contributed by atoms with E-state index in [4.69, 9.17) is 4.74 Å². The van der Waals surface area contributed by atoms with Gasteiger partial charge in [-0.1, -0.05) is 83.1 Å². The molecule has 0 aliphatic heterocycles. The van der Waals surface area contributed by atoms with Crippen LogP contribution < -0.4 is 0 Å². The van der Waals surface area contributed by atoms with Crippen molar-refractivity contribution in [2.45, 2.75) is 123 Å². The molecule has 6 atom stereocenters. The number of fused-ring (bicyclic) bond motifs is 5. The second-order valence-electron chi connectivity index (χ2n) is 13.0. The van der Waals surface area contributed by atoms with Crippen LogP contribution in [0.1, 0.15) is 123 Å². The number of nitrogens with zero attached hydrogens (tertiary/aromatic N) is 1. The normalized spacial score (nSPS) is 34.6. The lowest BCUT2D eigenvalue weighted by atomic mass is 9.47. The fourth-order valence-electron chi connectivity index (χ4n) is 8.74. The topological polar surface area (TPSA) is 39.2 Å². The molecule has 2 fully saturated rings. The number of unbranched alkanes of at least 4 members (excludes halogenated alkanes) is 6. The summed E-state index contributed by atoms with van der Waals surface area (Å²) in [6, 6.07) is 4.32. The summed E-state index contributed by atoms with van der Waals surface area (Å²) in [5, 5.41) is 0. The molecule has 0 bridgehead atoms. The van der Waals surface area contributed by atoms with Crippen molar-refractivity contribution in [3.05, 3.63) is 47.8 Å². The van der Waals surface area contributed by atoms with E-state index in [0.717, 1.165) is 43.4 Å². The molecule has 0 amide bonds. The molecule has 0 aromatic carbocycles. The van der Waals surface area contributed by atoms with Crippen molar-refractivity contribution in [2.75, 3.05) is 0 Å². The maximum Gasteiger partial charge on any atom is 0.306 e. The number of hydrogen-bond acceptors (Lipinski definition) is 3. The zero-order chi connectivity index (χ0) is 25.9. The third kappa shape index (κ3) is 5.34. The molecule has 5 rings (SSSR count). The van der Waals surface area contributed by atoms with E-state index < -0.39 is 0 Å². The molecule has 4 aliphatic carbocycles. The van der Waals surface area contributed by atoms with E-state index in [1.165, 1.54) is 69.8 Å². The van der Waals surface area contributed by atoms with Gasteiger partial charge in [-0.25, -0.2) is 0 Å². The first-order valence-corrected chi connectivity index (χ1v) is 15.5. The Morgan fingerprint density at radius 2 is 1.76 bits per heavy atom. The molecule has 1 heterocycles. The molecule has 3 nitrogen and oxygen atoms in total. The Bertz CT molecular complexity index is 996. The fraction of sp³-hybridized carbons (Fsp3) is 0.706. The average Bonchev–Trinajstić information content (AvgIpc) is 3.26. The van der Waals surface area contributed by atoms with Crippen molar-refractivity contribution in [1.82, 2.24) is 4.98 Å². The molecule has 2 saturated carbocycles. The zero-order valence-electron chi connectivity index (χ0n) is 23.6. The maximum atomic E-state index is 12.6. The monoisotopic (exact) mass is 503 g/mol. The molecule has 202 valence electrons. The van der Waals surface area contributed by atoms with Gasteiger partial charge in [0, 0.05) is 25.2 Å². The SMILES string of the molecule is CCCCCCCCCC(=O)O[C@H]1CCC2(C)C(=CCC3C2CCC2(C)C(c4cccnc4)=CCC32)C1. The summed E-state index contributed by atoms with van der Waals surface area (Å²) in [5.74, 6) is 2.28. The number of pyridine rings is 1. The maximum absolute atomic E-state index is 12.6. The van der Waals surface area contributed by atoms with Gasteiger partial charge in [-0.05, 0) is 90.7 Å². The van der Waals surface area contributed by atoms with Crippen LogP contribution in [0.4, 0.5) is 0 Å². The van der Waals surface area contributed by atoms with Crippen LogP contribution in [0.3, 0.4) is 0 Å². The van der Waals surface area contributed by atoms with Crippen LogP contribution in [0.2, 0.25) is 0 Å². The van der Waals surface area contributed by atoms with Crippen molar-refractivity contribution in [1.29, 1.82) is 0 Å². The fourth-order valence-corrected chi connectivity index (χ4v) is 8.74. The third-order valence-corrected chi connectivity index (χ3v) is 10.9. The van der Waals surface area contributed by atoms with Crippen molar-refractivity contribution in [2.24, 2.45) is 28.6 Å². The number of carbonyl (C=O) groups is 1. The zero-order valence-corrected chi connectivity index (χ0v) is 23.6. The van der Waals surface area contributed by atoms with Crippen LogP contribution in [0, 0.1) is 28.6 Å². The van der Waals surface area contributed by atoms with Gasteiger partial charge < -0.3 is 4.74 Å². The van der Waals surface area contributed by atoms with Crippen LogP contribution in [0.15, 0.2) is 42.3 Å². The minimum absolute atomic E-state index is 0.0323. The third-order valence-electron chi connectivity index (χ3n) is 10.9. The van der Waals surface area contributed by atoms with E-state index in [0.29, 0.717) is 6.42 Å². The van der Waals surface area contributed by atoms with Crippen LogP contribution in [-0.4, -0.2) is 17.1 Å². The number of rotatable bonds is 10. The summed E-state index contributed by atoms with van der Waals surface area (Å²) < 4.78 is 6.02. The van der Waals surface area contributed by atoms with Crippen LogP contribution in [-0.2, 0) is 9.53 Å². The highest BCUT2D eigenvalue weighted by Crippen LogP contribution is 2.66. The predicted octanol–water partition coefficient (Wildman–Crippen LogP) is 9.09. The number of carbonyl (C=O) groups excluding carboxylic acids is 1. The summed E-state index contributed by atoms with van der Waals surface area (Å²) in [6.07, 6.45) is 26.5. The summed E-state index contributed by atoms with van der Waals surface area (Å²) in [6.45, 7) is 7.32. The van der Waals surface area contributed by atoms with Gasteiger partial charge in [0.15, 0.2) is 0 Å². The van der Waals surface area contributed by atoms with Gasteiger partial charge in [0.1, 0.15) is 6.10 Å². The molecular weight excluding hydrogens is 454 g/mol. The Morgan fingerprint density at radius 1 is 0.973 bits per heavy atom. The molecular formula is C34H49NO2. The highest BCUT2D eigenvalue weighted by molar-refractivity contribution is 5.72. The smallest absolute Gasteiger partial charge is 0.306 e. The average molecular weight is 504 g/mol. The van der Waals surface area contributed by atoms with E-state index in [-0.39, 0.29) is 22.9 Å². The lowest BCUT2D eigenvalue weighted by molar-refractivity contribution is -0.151. The van der Waals surface area contributed by atoms with E-state index in [2.05, 4.69) is 56.2 Å². The molecule has 5 unspecified atom stereocenters. The largest absolute Gasteiger partial charge is 0.462 e. The molecule has 0 N–H and O–H groups in total.